The van der Waals surface area contributed by atoms with Crippen molar-refractivity contribution in [1.82, 2.24) is 5.32 Å². The highest BCUT2D eigenvalue weighted by atomic mass is 16.5. The third-order valence-electron chi connectivity index (χ3n) is 4.74. The second-order valence-electron chi connectivity index (χ2n) is 6.57. The van der Waals surface area contributed by atoms with Crippen molar-refractivity contribution in [2.45, 2.75) is 58.7 Å². The Hall–Kier alpha value is -0.120. The molecule has 3 nitrogen and oxygen atoms in total. The van der Waals surface area contributed by atoms with E-state index in [1.54, 1.807) is 0 Å². The summed E-state index contributed by atoms with van der Waals surface area (Å²) in [5, 5.41) is 12.9. The van der Waals surface area contributed by atoms with Gasteiger partial charge in [-0.1, -0.05) is 27.7 Å². The first-order valence-corrected chi connectivity index (χ1v) is 6.97. The second kappa shape index (κ2) is 4.87. The van der Waals surface area contributed by atoms with E-state index in [9.17, 15) is 0 Å². The van der Waals surface area contributed by atoms with Crippen LogP contribution in [0, 0.1) is 17.3 Å². The van der Waals surface area contributed by atoms with E-state index in [4.69, 9.17) is 9.84 Å². The fraction of sp³-hybridized carbons (Fsp3) is 1.00. The third-order valence-corrected chi connectivity index (χ3v) is 4.74. The molecule has 2 N–H and O–H groups in total. The second-order valence-corrected chi connectivity index (χ2v) is 6.57. The molecule has 0 aromatic heterocycles. The van der Waals surface area contributed by atoms with Crippen LogP contribution in [0.1, 0.15) is 40.5 Å². The predicted molar refractivity (Wildman–Crippen MR) is 68.9 cm³/mol. The molecule has 1 saturated carbocycles. The Morgan fingerprint density at radius 1 is 1.41 bits per heavy atom. The van der Waals surface area contributed by atoms with Crippen molar-refractivity contribution in [2.24, 2.45) is 17.3 Å². The van der Waals surface area contributed by atoms with Crippen LogP contribution in [-0.4, -0.2) is 36.5 Å². The minimum atomic E-state index is 0.240. The molecule has 2 aliphatic rings. The predicted octanol–water partition coefficient (Wildman–Crippen LogP) is 1.80. The van der Waals surface area contributed by atoms with Crippen molar-refractivity contribution in [1.29, 1.82) is 0 Å². The van der Waals surface area contributed by atoms with Gasteiger partial charge in [0.25, 0.3) is 0 Å². The van der Waals surface area contributed by atoms with Crippen LogP contribution in [0.15, 0.2) is 0 Å². The summed E-state index contributed by atoms with van der Waals surface area (Å²) in [7, 11) is 0. The zero-order valence-electron chi connectivity index (χ0n) is 11.6. The number of rotatable bonds is 5. The van der Waals surface area contributed by atoms with Crippen LogP contribution in [0.25, 0.3) is 0 Å². The van der Waals surface area contributed by atoms with Crippen LogP contribution in [0.5, 0.6) is 0 Å². The fourth-order valence-electron chi connectivity index (χ4n) is 3.64. The highest BCUT2D eigenvalue weighted by molar-refractivity contribution is 5.11. The van der Waals surface area contributed by atoms with Crippen LogP contribution < -0.4 is 5.32 Å². The summed E-state index contributed by atoms with van der Waals surface area (Å²) in [6, 6.07) is 0.972. The van der Waals surface area contributed by atoms with Crippen LogP contribution in [0.3, 0.4) is 0 Å². The zero-order valence-corrected chi connectivity index (χ0v) is 11.6. The molecular weight excluding hydrogens is 214 g/mol. The first-order chi connectivity index (χ1) is 7.98. The van der Waals surface area contributed by atoms with Gasteiger partial charge in [-0.05, 0) is 18.8 Å². The van der Waals surface area contributed by atoms with Crippen molar-refractivity contribution in [3.8, 4) is 0 Å². The number of hydrogen-bond donors (Lipinski definition) is 2. The van der Waals surface area contributed by atoms with Crippen molar-refractivity contribution >= 4 is 0 Å². The van der Waals surface area contributed by atoms with E-state index in [0.717, 1.165) is 13.0 Å². The highest BCUT2D eigenvalue weighted by Gasteiger charge is 2.59. The molecule has 0 aromatic carbocycles. The number of hydrogen-bond acceptors (Lipinski definition) is 3. The Morgan fingerprint density at radius 2 is 2.12 bits per heavy atom. The summed E-state index contributed by atoms with van der Waals surface area (Å²) in [6.45, 7) is 10.2. The van der Waals surface area contributed by atoms with Gasteiger partial charge in [0.15, 0.2) is 0 Å². The normalized spacial score (nSPS) is 36.7. The summed E-state index contributed by atoms with van der Waals surface area (Å²) < 4.78 is 5.81. The number of ether oxygens (including phenoxy) is 1. The van der Waals surface area contributed by atoms with Crippen molar-refractivity contribution in [3.63, 3.8) is 0 Å². The van der Waals surface area contributed by atoms with E-state index < -0.39 is 0 Å². The van der Waals surface area contributed by atoms with Crippen LogP contribution in [0.4, 0.5) is 0 Å². The number of fused-ring (bicyclic) bond motifs is 1. The lowest BCUT2D eigenvalue weighted by Gasteiger charge is -2.56. The van der Waals surface area contributed by atoms with E-state index in [0.29, 0.717) is 30.0 Å². The highest BCUT2D eigenvalue weighted by Crippen LogP contribution is 2.52. The SMILES string of the molecule is CC(C)C(CCO)NC1C2CCOC2C1(C)C. The van der Waals surface area contributed by atoms with Gasteiger partial charge in [-0.3, -0.25) is 0 Å². The van der Waals surface area contributed by atoms with E-state index in [-0.39, 0.29) is 12.0 Å². The standard InChI is InChI=1S/C14H27NO2/c1-9(2)11(5-7-16)15-12-10-6-8-17-13(10)14(12,3)4/h9-13,15-16H,5-8H2,1-4H3. The van der Waals surface area contributed by atoms with Gasteiger partial charge in [-0.15, -0.1) is 0 Å². The van der Waals surface area contributed by atoms with Gasteiger partial charge in [-0.2, -0.15) is 0 Å². The molecule has 17 heavy (non-hydrogen) atoms. The Balaban J connectivity index is 1.98. The molecule has 1 aliphatic heterocycles. The largest absolute Gasteiger partial charge is 0.396 e. The molecule has 0 aromatic rings. The molecule has 4 unspecified atom stereocenters. The lowest BCUT2D eigenvalue weighted by molar-refractivity contribution is -0.117. The monoisotopic (exact) mass is 241 g/mol. The van der Waals surface area contributed by atoms with Gasteiger partial charge in [-0.25, -0.2) is 0 Å². The molecule has 0 radical (unpaired) electrons. The molecule has 4 atom stereocenters. The summed E-state index contributed by atoms with van der Waals surface area (Å²) >= 11 is 0. The van der Waals surface area contributed by atoms with Gasteiger partial charge >= 0.3 is 0 Å². The molecule has 0 bridgehead atoms. The first kappa shape index (κ1) is 13.3. The molecule has 0 amide bonds. The number of nitrogens with one attached hydrogen (secondary N) is 1. The molecule has 2 fully saturated rings. The number of aliphatic hydroxyl groups excluding tert-OH is 1. The Bertz CT molecular complexity index is 265. The average molecular weight is 241 g/mol. The summed E-state index contributed by atoms with van der Waals surface area (Å²) in [6.07, 6.45) is 2.49. The van der Waals surface area contributed by atoms with Crippen LogP contribution in [0.2, 0.25) is 0 Å². The van der Waals surface area contributed by atoms with Crippen molar-refractivity contribution in [2.75, 3.05) is 13.2 Å². The molecule has 0 spiro atoms. The molecule has 100 valence electrons. The fourth-order valence-corrected chi connectivity index (χ4v) is 3.64. The summed E-state index contributed by atoms with van der Waals surface area (Å²) in [5.74, 6) is 1.25. The smallest absolute Gasteiger partial charge is 0.0685 e. The van der Waals surface area contributed by atoms with Gasteiger partial charge in [0.05, 0.1) is 6.10 Å². The van der Waals surface area contributed by atoms with Gasteiger partial charge < -0.3 is 15.2 Å². The molecule has 2 rings (SSSR count). The van der Waals surface area contributed by atoms with E-state index in [1.165, 1.54) is 6.42 Å². The van der Waals surface area contributed by atoms with Crippen molar-refractivity contribution < 1.29 is 9.84 Å². The maximum atomic E-state index is 9.14. The van der Waals surface area contributed by atoms with E-state index in [1.807, 2.05) is 0 Å². The first-order valence-electron chi connectivity index (χ1n) is 6.97. The van der Waals surface area contributed by atoms with Gasteiger partial charge in [0.1, 0.15) is 0 Å². The lowest BCUT2D eigenvalue weighted by atomic mass is 9.57. The Labute approximate surface area is 105 Å². The summed E-state index contributed by atoms with van der Waals surface area (Å²) in [5.41, 5.74) is 0.240. The minimum Gasteiger partial charge on any atom is -0.396 e. The maximum Gasteiger partial charge on any atom is 0.0685 e. The lowest BCUT2D eigenvalue weighted by Crippen LogP contribution is -2.67. The summed E-state index contributed by atoms with van der Waals surface area (Å²) in [4.78, 5) is 0. The molecule has 1 heterocycles. The van der Waals surface area contributed by atoms with Crippen LogP contribution in [-0.2, 0) is 4.74 Å². The van der Waals surface area contributed by atoms with E-state index >= 15 is 0 Å². The quantitative estimate of drug-likeness (QED) is 0.771. The molecule has 1 aliphatic carbocycles. The average Bonchev–Trinajstić information content (AvgIpc) is 2.70. The minimum absolute atomic E-state index is 0.240. The Kier molecular flexibility index (Phi) is 3.81. The zero-order chi connectivity index (χ0) is 12.6. The van der Waals surface area contributed by atoms with Gasteiger partial charge in [0.2, 0.25) is 0 Å². The van der Waals surface area contributed by atoms with E-state index in [2.05, 4.69) is 33.0 Å². The van der Waals surface area contributed by atoms with Crippen LogP contribution >= 0.6 is 0 Å². The molecular formula is C14H27NO2. The third kappa shape index (κ3) is 2.25. The maximum absolute atomic E-state index is 9.14. The number of aliphatic hydroxyl groups is 1. The topological polar surface area (TPSA) is 41.5 Å². The molecule has 3 heteroatoms. The van der Waals surface area contributed by atoms with Gasteiger partial charge in [0, 0.05) is 36.6 Å². The molecule has 1 saturated heterocycles. The Morgan fingerprint density at radius 3 is 2.71 bits per heavy atom. The van der Waals surface area contributed by atoms with Crippen molar-refractivity contribution in [3.05, 3.63) is 0 Å².